The van der Waals surface area contributed by atoms with Gasteiger partial charge < -0.3 is 14.2 Å². The predicted octanol–water partition coefficient (Wildman–Crippen LogP) is 4.05. The fourth-order valence-corrected chi connectivity index (χ4v) is 2.54. The fourth-order valence-electron chi connectivity index (χ4n) is 1.99. The molecule has 0 saturated heterocycles. The molecule has 126 valence electrons. The normalized spacial score (nSPS) is 10.2. The van der Waals surface area contributed by atoms with Crippen LogP contribution < -0.4 is 9.47 Å². The van der Waals surface area contributed by atoms with E-state index in [1.807, 2.05) is 0 Å². The molecule has 2 rings (SSSR count). The molecule has 0 aromatic heterocycles. The van der Waals surface area contributed by atoms with E-state index >= 15 is 0 Å². The Labute approximate surface area is 149 Å². The molecule has 0 atom stereocenters. The van der Waals surface area contributed by atoms with Gasteiger partial charge in [0.05, 0.1) is 29.8 Å². The molecule has 2 aromatic carbocycles. The second kappa shape index (κ2) is 8.04. The van der Waals surface area contributed by atoms with E-state index in [1.54, 1.807) is 18.2 Å². The minimum absolute atomic E-state index is 0.0287. The topological polar surface area (TPSA) is 61.8 Å². The summed E-state index contributed by atoms with van der Waals surface area (Å²) in [6.07, 6.45) is 0. The van der Waals surface area contributed by atoms with Crippen molar-refractivity contribution in [2.24, 2.45) is 0 Å². The standard InChI is InChI=1S/C17H14Cl2O5/c1-22-14-7-6-10(8-15(14)23-2)13(20)9-24-17(21)16-11(18)4-3-5-12(16)19/h3-8H,9H2,1-2H3. The molecule has 0 radical (unpaired) electrons. The third-order valence-electron chi connectivity index (χ3n) is 3.21. The van der Waals surface area contributed by atoms with Crippen molar-refractivity contribution in [3.63, 3.8) is 0 Å². The van der Waals surface area contributed by atoms with E-state index in [4.69, 9.17) is 37.4 Å². The average molecular weight is 369 g/mol. The first-order chi connectivity index (χ1) is 11.5. The molecular formula is C17H14Cl2O5. The molecule has 0 N–H and O–H groups in total. The molecule has 7 heteroatoms. The molecule has 2 aromatic rings. The number of carbonyl (C=O) groups is 2. The molecule has 0 amide bonds. The molecule has 0 bridgehead atoms. The van der Waals surface area contributed by atoms with Crippen LogP contribution in [0.5, 0.6) is 11.5 Å². The number of rotatable bonds is 6. The average Bonchev–Trinajstić information content (AvgIpc) is 2.58. The van der Waals surface area contributed by atoms with Gasteiger partial charge in [0.15, 0.2) is 23.9 Å². The first-order valence-electron chi connectivity index (χ1n) is 6.84. The van der Waals surface area contributed by atoms with Crippen LogP contribution >= 0.6 is 23.2 Å². The van der Waals surface area contributed by atoms with Crippen molar-refractivity contribution < 1.29 is 23.8 Å². The summed E-state index contributed by atoms with van der Waals surface area (Å²) in [5.41, 5.74) is 0.353. The highest BCUT2D eigenvalue weighted by molar-refractivity contribution is 6.39. The van der Waals surface area contributed by atoms with Gasteiger partial charge in [0.25, 0.3) is 0 Å². The van der Waals surface area contributed by atoms with E-state index in [9.17, 15) is 9.59 Å². The number of ketones is 1. The number of ether oxygens (including phenoxy) is 3. The Bertz CT molecular complexity index is 753. The van der Waals surface area contributed by atoms with Crippen LogP contribution in [-0.4, -0.2) is 32.6 Å². The van der Waals surface area contributed by atoms with E-state index in [-0.39, 0.29) is 15.6 Å². The van der Waals surface area contributed by atoms with Crippen molar-refractivity contribution in [2.45, 2.75) is 0 Å². The maximum absolute atomic E-state index is 12.2. The van der Waals surface area contributed by atoms with Crippen molar-refractivity contribution in [1.82, 2.24) is 0 Å². The minimum atomic E-state index is -0.764. The molecule has 0 aliphatic carbocycles. The minimum Gasteiger partial charge on any atom is -0.493 e. The lowest BCUT2D eigenvalue weighted by Crippen LogP contribution is -2.15. The second-order valence-electron chi connectivity index (χ2n) is 4.67. The number of halogens is 2. The fraction of sp³-hybridized carbons (Fsp3) is 0.176. The number of esters is 1. The summed E-state index contributed by atoms with van der Waals surface area (Å²) in [5, 5.41) is 0.317. The quantitative estimate of drug-likeness (QED) is 0.568. The third-order valence-corrected chi connectivity index (χ3v) is 3.84. The highest BCUT2D eigenvalue weighted by atomic mass is 35.5. The highest BCUT2D eigenvalue weighted by Gasteiger charge is 2.18. The monoisotopic (exact) mass is 368 g/mol. The van der Waals surface area contributed by atoms with Crippen molar-refractivity contribution >= 4 is 35.0 Å². The highest BCUT2D eigenvalue weighted by Crippen LogP contribution is 2.28. The largest absolute Gasteiger partial charge is 0.493 e. The van der Waals surface area contributed by atoms with E-state index in [0.29, 0.717) is 17.1 Å². The van der Waals surface area contributed by atoms with Crippen molar-refractivity contribution in [3.05, 3.63) is 57.6 Å². The van der Waals surface area contributed by atoms with Gasteiger partial charge in [0.1, 0.15) is 0 Å². The number of hydrogen-bond acceptors (Lipinski definition) is 5. The van der Waals surface area contributed by atoms with Crippen LogP contribution in [0, 0.1) is 0 Å². The van der Waals surface area contributed by atoms with Gasteiger partial charge in [-0.15, -0.1) is 0 Å². The van der Waals surface area contributed by atoms with Crippen LogP contribution in [0.1, 0.15) is 20.7 Å². The summed E-state index contributed by atoms with van der Waals surface area (Å²) in [4.78, 5) is 24.2. The first kappa shape index (κ1) is 18.1. The number of carbonyl (C=O) groups excluding carboxylic acids is 2. The molecule has 0 spiro atoms. The van der Waals surface area contributed by atoms with Crippen molar-refractivity contribution in [1.29, 1.82) is 0 Å². The molecule has 0 heterocycles. The van der Waals surface area contributed by atoms with Gasteiger partial charge in [-0.05, 0) is 30.3 Å². The summed E-state index contributed by atoms with van der Waals surface area (Å²) in [6, 6.07) is 9.30. The summed E-state index contributed by atoms with van der Waals surface area (Å²) in [7, 11) is 2.96. The van der Waals surface area contributed by atoms with E-state index in [0.717, 1.165) is 0 Å². The molecular weight excluding hydrogens is 355 g/mol. The maximum atomic E-state index is 12.2. The Morgan fingerprint density at radius 3 is 2.17 bits per heavy atom. The zero-order chi connectivity index (χ0) is 17.7. The van der Waals surface area contributed by atoms with Crippen LogP contribution in [-0.2, 0) is 4.74 Å². The summed E-state index contributed by atoms with van der Waals surface area (Å²) < 4.78 is 15.2. The van der Waals surface area contributed by atoms with E-state index < -0.39 is 18.4 Å². The third kappa shape index (κ3) is 3.99. The van der Waals surface area contributed by atoms with E-state index in [1.165, 1.54) is 32.4 Å². The Morgan fingerprint density at radius 1 is 0.958 bits per heavy atom. The number of benzene rings is 2. The van der Waals surface area contributed by atoms with Crippen LogP contribution in [0.3, 0.4) is 0 Å². The summed E-state index contributed by atoms with van der Waals surface area (Å²) >= 11 is 11.9. The SMILES string of the molecule is COc1ccc(C(=O)COC(=O)c2c(Cl)cccc2Cl)cc1OC. The van der Waals surface area contributed by atoms with Crippen molar-refractivity contribution in [2.75, 3.05) is 20.8 Å². The number of methoxy groups -OCH3 is 2. The Balaban J connectivity index is 2.09. The zero-order valence-electron chi connectivity index (χ0n) is 13.0. The van der Waals surface area contributed by atoms with Gasteiger partial charge in [0.2, 0.25) is 0 Å². The summed E-state index contributed by atoms with van der Waals surface area (Å²) in [6.45, 7) is -0.449. The van der Waals surface area contributed by atoms with Gasteiger partial charge in [-0.2, -0.15) is 0 Å². The molecule has 0 aliphatic heterocycles. The lowest BCUT2D eigenvalue weighted by Gasteiger charge is -2.10. The smallest absolute Gasteiger partial charge is 0.341 e. The molecule has 24 heavy (non-hydrogen) atoms. The van der Waals surface area contributed by atoms with Crippen LogP contribution in [0.2, 0.25) is 10.0 Å². The van der Waals surface area contributed by atoms with Crippen molar-refractivity contribution in [3.8, 4) is 11.5 Å². The molecule has 5 nitrogen and oxygen atoms in total. The zero-order valence-corrected chi connectivity index (χ0v) is 14.5. The molecule has 0 fully saturated rings. The van der Waals surface area contributed by atoms with Gasteiger partial charge in [0, 0.05) is 5.56 Å². The Kier molecular flexibility index (Phi) is 6.06. The second-order valence-corrected chi connectivity index (χ2v) is 5.48. The van der Waals surface area contributed by atoms with Crippen LogP contribution in [0.15, 0.2) is 36.4 Å². The number of hydrogen-bond donors (Lipinski definition) is 0. The van der Waals surface area contributed by atoms with Gasteiger partial charge in [-0.1, -0.05) is 29.3 Å². The molecule has 0 aliphatic rings. The van der Waals surface area contributed by atoms with Crippen LogP contribution in [0.4, 0.5) is 0 Å². The first-order valence-corrected chi connectivity index (χ1v) is 7.60. The molecule has 0 unspecified atom stereocenters. The lowest BCUT2D eigenvalue weighted by atomic mass is 10.1. The Morgan fingerprint density at radius 2 is 1.58 bits per heavy atom. The van der Waals surface area contributed by atoms with Gasteiger partial charge >= 0.3 is 5.97 Å². The maximum Gasteiger partial charge on any atom is 0.341 e. The van der Waals surface area contributed by atoms with Gasteiger partial charge in [-0.3, -0.25) is 4.79 Å². The lowest BCUT2D eigenvalue weighted by molar-refractivity contribution is 0.0475. The molecule has 0 saturated carbocycles. The predicted molar refractivity (Wildman–Crippen MR) is 90.6 cm³/mol. The van der Waals surface area contributed by atoms with Gasteiger partial charge in [-0.25, -0.2) is 4.79 Å². The van der Waals surface area contributed by atoms with Crippen LogP contribution in [0.25, 0.3) is 0 Å². The van der Waals surface area contributed by atoms with E-state index in [2.05, 4.69) is 0 Å². The Hall–Kier alpha value is -2.24. The summed E-state index contributed by atoms with van der Waals surface area (Å²) in [5.74, 6) is -0.260. The number of Topliss-reactive ketones (excluding diaryl/α,β-unsaturated/α-hetero) is 1.